The van der Waals surface area contributed by atoms with Crippen molar-refractivity contribution in [2.24, 2.45) is 13.0 Å². The molecule has 2 saturated carbocycles. The number of carbonyl (C=O) groups excluding carboxylic acids is 1. The minimum atomic E-state index is 0.0317. The van der Waals surface area contributed by atoms with Crippen LogP contribution in [0.4, 0.5) is 5.69 Å². The number of anilines is 1. The Bertz CT molecular complexity index is 574. The first-order valence-corrected chi connectivity index (χ1v) is 8.29. The molecule has 2 aliphatic rings. The second-order valence-corrected chi connectivity index (χ2v) is 6.71. The summed E-state index contributed by atoms with van der Waals surface area (Å²) < 4.78 is 2.16. The van der Waals surface area contributed by atoms with Crippen molar-refractivity contribution < 1.29 is 4.79 Å². The summed E-state index contributed by atoms with van der Waals surface area (Å²) in [5.41, 5.74) is 2.25. The molecular weight excluding hydrogens is 276 g/mol. The largest absolute Gasteiger partial charge is 0.352 e. The predicted octanol–water partition coefficient (Wildman–Crippen LogP) is 2.86. The first kappa shape index (κ1) is 15.0. The van der Waals surface area contributed by atoms with E-state index in [0.717, 1.165) is 18.5 Å². The van der Waals surface area contributed by atoms with Crippen molar-refractivity contribution in [2.45, 2.75) is 56.9 Å². The van der Waals surface area contributed by atoms with Crippen molar-refractivity contribution in [2.75, 3.05) is 5.32 Å². The molecule has 0 bridgehead atoms. The highest BCUT2D eigenvalue weighted by molar-refractivity contribution is 5.93. The third kappa shape index (κ3) is 3.11. The number of rotatable bonds is 4. The smallest absolute Gasteiger partial charge is 0.227 e. The predicted molar refractivity (Wildman–Crippen MR) is 85.1 cm³/mol. The molecule has 5 heteroatoms. The van der Waals surface area contributed by atoms with E-state index in [0.29, 0.717) is 5.92 Å². The Morgan fingerprint density at radius 3 is 2.73 bits per heavy atom. The molecule has 118 valence electrons. The van der Waals surface area contributed by atoms with Crippen molar-refractivity contribution in [1.29, 1.82) is 5.26 Å². The van der Waals surface area contributed by atoms with Gasteiger partial charge in [0.05, 0.1) is 5.69 Å². The van der Waals surface area contributed by atoms with Gasteiger partial charge in [-0.15, -0.1) is 0 Å². The fraction of sp³-hybridized carbons (Fsp3) is 0.647. The molecule has 1 aromatic rings. The molecule has 0 radical (unpaired) electrons. The zero-order valence-corrected chi connectivity index (χ0v) is 13.1. The lowest BCUT2D eigenvalue weighted by Gasteiger charge is -2.32. The van der Waals surface area contributed by atoms with Crippen LogP contribution in [0.1, 0.15) is 56.6 Å². The van der Waals surface area contributed by atoms with Crippen molar-refractivity contribution in [3.05, 3.63) is 18.0 Å². The highest BCUT2D eigenvalue weighted by Crippen LogP contribution is 2.34. The summed E-state index contributed by atoms with van der Waals surface area (Å²) in [7, 11) is 2.07. The van der Waals surface area contributed by atoms with Gasteiger partial charge in [-0.1, -0.05) is 19.3 Å². The molecule has 0 unspecified atom stereocenters. The normalized spacial score (nSPS) is 25.1. The molecule has 0 aliphatic heterocycles. The van der Waals surface area contributed by atoms with Crippen LogP contribution in [-0.4, -0.2) is 16.5 Å². The molecule has 0 aromatic carbocycles. The highest BCUT2D eigenvalue weighted by atomic mass is 16.1. The van der Waals surface area contributed by atoms with Gasteiger partial charge in [0.15, 0.2) is 6.19 Å². The van der Waals surface area contributed by atoms with Gasteiger partial charge in [0.1, 0.15) is 0 Å². The number of carbonyl (C=O) groups is 1. The van der Waals surface area contributed by atoms with E-state index in [4.69, 9.17) is 5.26 Å². The number of hydrogen-bond acceptors (Lipinski definition) is 3. The number of aromatic nitrogens is 1. The van der Waals surface area contributed by atoms with Gasteiger partial charge in [0, 0.05) is 30.9 Å². The van der Waals surface area contributed by atoms with Crippen LogP contribution in [-0.2, 0) is 11.8 Å². The second kappa shape index (κ2) is 6.43. The Morgan fingerprint density at radius 1 is 1.32 bits per heavy atom. The Hall–Kier alpha value is -1.96. The third-order valence-electron chi connectivity index (χ3n) is 5.11. The van der Waals surface area contributed by atoms with E-state index in [1.165, 1.54) is 37.8 Å². The molecule has 1 amide bonds. The number of nitrogens with zero attached hydrogens (tertiary/aromatic N) is 2. The van der Waals surface area contributed by atoms with Crippen LogP contribution in [0.25, 0.3) is 0 Å². The van der Waals surface area contributed by atoms with Crippen LogP contribution in [0, 0.1) is 17.4 Å². The van der Waals surface area contributed by atoms with Gasteiger partial charge in [0.2, 0.25) is 5.91 Å². The van der Waals surface area contributed by atoms with E-state index < -0.39 is 0 Å². The van der Waals surface area contributed by atoms with E-state index in [2.05, 4.69) is 28.3 Å². The molecule has 1 aromatic heterocycles. The molecular formula is C17H24N4O. The number of aryl methyl sites for hydroxylation is 1. The topological polar surface area (TPSA) is 69.8 Å². The van der Waals surface area contributed by atoms with Gasteiger partial charge in [-0.05, 0) is 37.7 Å². The fourth-order valence-electron chi connectivity index (χ4n) is 3.74. The molecule has 3 rings (SSSR count). The van der Waals surface area contributed by atoms with Gasteiger partial charge >= 0.3 is 0 Å². The minimum Gasteiger partial charge on any atom is -0.352 e. The highest BCUT2D eigenvalue weighted by Gasteiger charge is 2.34. The summed E-state index contributed by atoms with van der Waals surface area (Å²) in [6.45, 7) is 0. The van der Waals surface area contributed by atoms with Gasteiger partial charge in [-0.2, -0.15) is 5.26 Å². The SMILES string of the molecule is Cn1cc(NC(=O)C2CC(NC#N)C2)cc1C1CCCCC1. The molecule has 5 nitrogen and oxygen atoms in total. The Kier molecular flexibility index (Phi) is 4.37. The minimum absolute atomic E-state index is 0.0317. The molecule has 0 saturated heterocycles. The zero-order chi connectivity index (χ0) is 15.5. The lowest BCUT2D eigenvalue weighted by molar-refractivity contribution is -0.122. The van der Waals surface area contributed by atoms with Crippen LogP contribution >= 0.6 is 0 Å². The van der Waals surface area contributed by atoms with Gasteiger partial charge < -0.3 is 15.2 Å². The van der Waals surface area contributed by atoms with Crippen LogP contribution in [0.15, 0.2) is 12.3 Å². The summed E-state index contributed by atoms with van der Waals surface area (Å²) in [4.78, 5) is 12.2. The van der Waals surface area contributed by atoms with Crippen molar-refractivity contribution in [3.8, 4) is 6.19 Å². The maximum absolute atomic E-state index is 12.2. The standard InChI is InChI=1S/C17H24N4O/c1-21-10-15(9-16(21)12-5-3-2-4-6-12)20-17(22)13-7-14(8-13)19-11-18/h9-10,12-14,19H,2-8H2,1H3,(H,20,22). The first-order chi connectivity index (χ1) is 10.7. The van der Waals surface area contributed by atoms with E-state index >= 15 is 0 Å². The Morgan fingerprint density at radius 2 is 2.05 bits per heavy atom. The van der Waals surface area contributed by atoms with Gasteiger partial charge in [0.25, 0.3) is 0 Å². The van der Waals surface area contributed by atoms with Crippen LogP contribution in [0.5, 0.6) is 0 Å². The number of nitriles is 1. The summed E-state index contributed by atoms with van der Waals surface area (Å²) in [5, 5.41) is 14.3. The van der Waals surface area contributed by atoms with E-state index in [1.807, 2.05) is 12.4 Å². The summed E-state index contributed by atoms with van der Waals surface area (Å²) >= 11 is 0. The molecule has 0 spiro atoms. The molecule has 2 fully saturated rings. The maximum Gasteiger partial charge on any atom is 0.227 e. The molecule has 2 aliphatic carbocycles. The molecule has 0 atom stereocenters. The Labute approximate surface area is 131 Å². The van der Waals surface area contributed by atoms with Crippen LogP contribution < -0.4 is 10.6 Å². The van der Waals surface area contributed by atoms with E-state index in [-0.39, 0.29) is 17.9 Å². The fourth-order valence-corrected chi connectivity index (χ4v) is 3.74. The summed E-state index contributed by atoms with van der Waals surface area (Å²) in [5.74, 6) is 0.748. The van der Waals surface area contributed by atoms with Crippen molar-refractivity contribution in [3.63, 3.8) is 0 Å². The number of nitrogens with one attached hydrogen (secondary N) is 2. The van der Waals surface area contributed by atoms with Gasteiger partial charge in [-0.25, -0.2) is 0 Å². The van der Waals surface area contributed by atoms with E-state index in [1.54, 1.807) is 0 Å². The molecule has 22 heavy (non-hydrogen) atoms. The monoisotopic (exact) mass is 300 g/mol. The van der Waals surface area contributed by atoms with Crippen molar-refractivity contribution in [1.82, 2.24) is 9.88 Å². The molecule has 2 N–H and O–H groups in total. The van der Waals surface area contributed by atoms with Gasteiger partial charge in [-0.3, -0.25) is 4.79 Å². The lowest BCUT2D eigenvalue weighted by atomic mass is 9.79. The number of amides is 1. The second-order valence-electron chi connectivity index (χ2n) is 6.71. The molecule has 1 heterocycles. The maximum atomic E-state index is 12.2. The first-order valence-electron chi connectivity index (χ1n) is 8.29. The average Bonchev–Trinajstić information content (AvgIpc) is 2.83. The van der Waals surface area contributed by atoms with Crippen LogP contribution in [0.2, 0.25) is 0 Å². The zero-order valence-electron chi connectivity index (χ0n) is 13.1. The van der Waals surface area contributed by atoms with Crippen molar-refractivity contribution >= 4 is 11.6 Å². The third-order valence-corrected chi connectivity index (χ3v) is 5.11. The summed E-state index contributed by atoms with van der Waals surface area (Å²) in [6.07, 6.45) is 12.0. The van der Waals surface area contributed by atoms with E-state index in [9.17, 15) is 4.79 Å². The quantitative estimate of drug-likeness (QED) is 0.663. The lowest BCUT2D eigenvalue weighted by Crippen LogP contribution is -2.44. The van der Waals surface area contributed by atoms with Crippen LogP contribution in [0.3, 0.4) is 0 Å². The number of hydrogen-bond donors (Lipinski definition) is 2. The Balaban J connectivity index is 1.57. The average molecular weight is 300 g/mol. The summed E-state index contributed by atoms with van der Waals surface area (Å²) in [6, 6.07) is 2.31.